The normalized spacial score (nSPS) is 10.4. The third kappa shape index (κ3) is 1.02. The van der Waals surface area contributed by atoms with Crippen molar-refractivity contribution in [3.8, 4) is 0 Å². The van der Waals surface area contributed by atoms with E-state index in [4.69, 9.17) is 0 Å². The van der Waals surface area contributed by atoms with E-state index in [9.17, 15) is 4.79 Å². The smallest absolute Gasteiger partial charge is 0.160 e. The lowest BCUT2D eigenvalue weighted by molar-refractivity contribution is 0.101. The summed E-state index contributed by atoms with van der Waals surface area (Å²) in [5.74, 6) is 0.0980. The van der Waals surface area contributed by atoms with Crippen LogP contribution in [-0.4, -0.2) is 10.2 Å². The Morgan fingerprint density at radius 3 is 3.08 bits per heavy atom. The van der Waals surface area contributed by atoms with Gasteiger partial charge >= 0.3 is 0 Å². The van der Waals surface area contributed by atoms with E-state index in [1.54, 1.807) is 13.1 Å². The second-order valence-corrected chi connectivity index (χ2v) is 3.43. The van der Waals surface area contributed by atoms with Gasteiger partial charge in [0.2, 0.25) is 0 Å². The first kappa shape index (κ1) is 7.43. The predicted molar refractivity (Wildman–Crippen MR) is 49.6 cm³/mol. The second-order valence-electron chi connectivity index (χ2n) is 2.60. The summed E-state index contributed by atoms with van der Waals surface area (Å²) in [6, 6.07) is 5.69. The molecule has 0 atom stereocenters. The van der Waals surface area contributed by atoms with Crippen LogP contribution in [0.1, 0.15) is 17.3 Å². The van der Waals surface area contributed by atoms with Gasteiger partial charge in [-0.25, -0.2) is 0 Å². The number of benzene rings is 1. The first-order valence-corrected chi connectivity index (χ1v) is 4.41. The summed E-state index contributed by atoms with van der Waals surface area (Å²) in [7, 11) is 0. The zero-order chi connectivity index (χ0) is 8.55. The van der Waals surface area contributed by atoms with Crippen molar-refractivity contribution in [2.45, 2.75) is 6.92 Å². The van der Waals surface area contributed by atoms with Gasteiger partial charge in [-0.15, -0.1) is 0 Å². The Hall–Kier alpha value is -1.22. The molecular formula is C9H7NOS. The standard InChI is InChI=1S/C9H7NOS/c1-6(11)7-3-2-4-9-8(7)5-10-12-9/h2-5H,1H3. The molecule has 1 aromatic carbocycles. The molecule has 0 N–H and O–H groups in total. The molecule has 0 aliphatic carbocycles. The van der Waals surface area contributed by atoms with Gasteiger partial charge in [0.1, 0.15) is 0 Å². The number of hydrogen-bond acceptors (Lipinski definition) is 3. The van der Waals surface area contributed by atoms with Crippen molar-refractivity contribution in [3.63, 3.8) is 0 Å². The van der Waals surface area contributed by atoms with Crippen molar-refractivity contribution < 1.29 is 4.79 Å². The Morgan fingerprint density at radius 1 is 1.50 bits per heavy atom. The van der Waals surface area contributed by atoms with Crippen LogP contribution in [0.25, 0.3) is 10.1 Å². The number of hydrogen-bond donors (Lipinski definition) is 0. The Bertz CT molecular complexity index is 433. The van der Waals surface area contributed by atoms with Crippen molar-refractivity contribution in [2.24, 2.45) is 0 Å². The van der Waals surface area contributed by atoms with Crippen LogP contribution in [0.2, 0.25) is 0 Å². The number of aromatic nitrogens is 1. The lowest BCUT2D eigenvalue weighted by Gasteiger charge is -1.94. The van der Waals surface area contributed by atoms with Gasteiger partial charge in [0, 0.05) is 17.1 Å². The molecule has 1 aromatic heterocycles. The summed E-state index contributed by atoms with van der Waals surface area (Å²) in [5.41, 5.74) is 0.765. The fourth-order valence-corrected chi connectivity index (χ4v) is 1.87. The molecule has 2 nitrogen and oxygen atoms in total. The van der Waals surface area contributed by atoms with Gasteiger partial charge in [-0.05, 0) is 24.5 Å². The van der Waals surface area contributed by atoms with Gasteiger partial charge in [0.15, 0.2) is 5.78 Å². The van der Waals surface area contributed by atoms with Crippen LogP contribution < -0.4 is 0 Å². The zero-order valence-electron chi connectivity index (χ0n) is 6.57. The third-order valence-electron chi connectivity index (χ3n) is 1.78. The largest absolute Gasteiger partial charge is 0.294 e. The fraction of sp³-hybridized carbons (Fsp3) is 0.111. The molecule has 0 aliphatic rings. The zero-order valence-corrected chi connectivity index (χ0v) is 7.39. The van der Waals surface area contributed by atoms with Crippen LogP contribution in [0, 0.1) is 0 Å². The number of Topliss-reactive ketones (excluding diaryl/α,β-unsaturated/α-hetero) is 1. The minimum Gasteiger partial charge on any atom is -0.294 e. The number of carbonyl (C=O) groups is 1. The lowest BCUT2D eigenvalue weighted by atomic mass is 10.1. The number of rotatable bonds is 1. The van der Waals surface area contributed by atoms with Gasteiger partial charge in [-0.2, -0.15) is 4.37 Å². The highest BCUT2D eigenvalue weighted by molar-refractivity contribution is 7.13. The quantitative estimate of drug-likeness (QED) is 0.626. The van der Waals surface area contributed by atoms with E-state index in [1.165, 1.54) is 11.5 Å². The van der Waals surface area contributed by atoms with Crippen LogP contribution in [0.15, 0.2) is 24.4 Å². The van der Waals surface area contributed by atoms with Gasteiger partial charge < -0.3 is 0 Å². The Morgan fingerprint density at radius 2 is 2.33 bits per heavy atom. The molecule has 0 bridgehead atoms. The van der Waals surface area contributed by atoms with Crippen LogP contribution in [-0.2, 0) is 0 Å². The first-order valence-electron chi connectivity index (χ1n) is 3.63. The summed E-state index contributed by atoms with van der Waals surface area (Å²) in [5, 5.41) is 0.968. The average molecular weight is 177 g/mol. The van der Waals surface area contributed by atoms with Gasteiger partial charge in [-0.1, -0.05) is 12.1 Å². The van der Waals surface area contributed by atoms with Crippen molar-refractivity contribution in [1.29, 1.82) is 0 Å². The molecule has 0 fully saturated rings. The van der Waals surface area contributed by atoms with Crippen molar-refractivity contribution in [2.75, 3.05) is 0 Å². The van der Waals surface area contributed by atoms with E-state index in [2.05, 4.69) is 4.37 Å². The van der Waals surface area contributed by atoms with E-state index >= 15 is 0 Å². The lowest BCUT2D eigenvalue weighted by Crippen LogP contribution is -1.90. The fourth-order valence-electron chi connectivity index (χ4n) is 1.20. The molecule has 0 aliphatic heterocycles. The molecule has 2 aromatic rings. The van der Waals surface area contributed by atoms with Crippen LogP contribution >= 0.6 is 11.5 Å². The monoisotopic (exact) mass is 177 g/mol. The number of nitrogens with zero attached hydrogens (tertiary/aromatic N) is 1. The highest BCUT2D eigenvalue weighted by Crippen LogP contribution is 2.21. The van der Waals surface area contributed by atoms with Crippen LogP contribution in [0.5, 0.6) is 0 Å². The number of ketones is 1. The molecule has 60 valence electrons. The maximum absolute atomic E-state index is 11.1. The maximum Gasteiger partial charge on any atom is 0.160 e. The Labute approximate surface area is 74.0 Å². The van der Waals surface area contributed by atoms with E-state index in [-0.39, 0.29) is 5.78 Å². The Balaban J connectivity index is 2.82. The Kier molecular flexibility index (Phi) is 1.66. The van der Waals surface area contributed by atoms with Crippen molar-refractivity contribution in [3.05, 3.63) is 30.0 Å². The third-order valence-corrected chi connectivity index (χ3v) is 2.54. The first-order chi connectivity index (χ1) is 5.79. The summed E-state index contributed by atoms with van der Waals surface area (Å²) in [4.78, 5) is 11.1. The van der Waals surface area contributed by atoms with Crippen LogP contribution in [0.4, 0.5) is 0 Å². The topological polar surface area (TPSA) is 30.0 Å². The minimum absolute atomic E-state index is 0.0980. The summed E-state index contributed by atoms with van der Waals surface area (Å²) in [6.07, 6.45) is 1.75. The minimum atomic E-state index is 0.0980. The highest BCUT2D eigenvalue weighted by Gasteiger charge is 2.05. The predicted octanol–water partition coefficient (Wildman–Crippen LogP) is 2.50. The molecule has 0 unspecified atom stereocenters. The summed E-state index contributed by atoms with van der Waals surface area (Å²) >= 11 is 1.42. The molecule has 0 amide bonds. The second kappa shape index (κ2) is 2.68. The molecule has 2 rings (SSSR count). The summed E-state index contributed by atoms with van der Waals surface area (Å²) in [6.45, 7) is 1.58. The number of carbonyl (C=O) groups excluding carboxylic acids is 1. The molecule has 0 spiro atoms. The molecule has 12 heavy (non-hydrogen) atoms. The van der Waals surface area contributed by atoms with Crippen molar-refractivity contribution in [1.82, 2.24) is 4.37 Å². The maximum atomic E-state index is 11.1. The van der Waals surface area contributed by atoms with Gasteiger partial charge in [0.25, 0.3) is 0 Å². The van der Waals surface area contributed by atoms with E-state index < -0.39 is 0 Å². The molecule has 0 saturated carbocycles. The number of fused-ring (bicyclic) bond motifs is 1. The average Bonchev–Trinajstić information content (AvgIpc) is 2.49. The molecule has 1 heterocycles. The SMILES string of the molecule is CC(=O)c1cccc2sncc12. The van der Waals surface area contributed by atoms with Crippen LogP contribution in [0.3, 0.4) is 0 Å². The van der Waals surface area contributed by atoms with Gasteiger partial charge in [-0.3, -0.25) is 4.79 Å². The van der Waals surface area contributed by atoms with E-state index in [0.717, 1.165) is 15.6 Å². The molecule has 3 heteroatoms. The molecule has 0 saturated heterocycles. The summed E-state index contributed by atoms with van der Waals surface area (Å²) < 4.78 is 5.11. The van der Waals surface area contributed by atoms with E-state index in [0.29, 0.717) is 0 Å². The molecule has 0 radical (unpaired) electrons. The van der Waals surface area contributed by atoms with Gasteiger partial charge in [0.05, 0.1) is 4.70 Å². The van der Waals surface area contributed by atoms with Crippen molar-refractivity contribution >= 4 is 27.4 Å². The van der Waals surface area contributed by atoms with E-state index in [1.807, 2.05) is 18.2 Å². The highest BCUT2D eigenvalue weighted by atomic mass is 32.1. The molecular weight excluding hydrogens is 170 g/mol.